The molecule has 0 atom stereocenters. The van der Waals surface area contributed by atoms with E-state index in [9.17, 15) is 0 Å². The summed E-state index contributed by atoms with van der Waals surface area (Å²) in [5.41, 5.74) is 4.02. The van der Waals surface area contributed by atoms with Crippen LogP contribution in [0.1, 0.15) is 16.0 Å². The lowest BCUT2D eigenvalue weighted by atomic mass is 10.1. The highest BCUT2D eigenvalue weighted by Gasteiger charge is 2.03. The van der Waals surface area contributed by atoms with Crippen molar-refractivity contribution in [1.82, 2.24) is 10.3 Å². The Morgan fingerprint density at radius 2 is 2.05 bits per heavy atom. The Morgan fingerprint density at radius 1 is 1.20 bits per heavy atom. The van der Waals surface area contributed by atoms with Gasteiger partial charge in [-0.05, 0) is 48.5 Å². The molecule has 1 aromatic carbocycles. The lowest BCUT2D eigenvalue weighted by Gasteiger charge is -2.03. The number of H-pyrrole nitrogens is 1. The third kappa shape index (κ3) is 3.23. The Labute approximate surface area is 129 Å². The minimum atomic E-state index is 0. The fourth-order valence-electron chi connectivity index (χ4n) is 2.35. The van der Waals surface area contributed by atoms with Gasteiger partial charge in [0.2, 0.25) is 0 Å². The zero-order valence-corrected chi connectivity index (χ0v) is 13.0. The summed E-state index contributed by atoms with van der Waals surface area (Å²) in [7, 11) is 0. The van der Waals surface area contributed by atoms with E-state index in [1.165, 1.54) is 26.9 Å². The highest BCUT2D eigenvalue weighted by atomic mass is 35.5. The number of nitrogens with one attached hydrogen (secondary N) is 2. The molecule has 0 spiro atoms. The summed E-state index contributed by atoms with van der Waals surface area (Å²) in [5, 5.41) is 7.03. The molecule has 0 radical (unpaired) electrons. The van der Waals surface area contributed by atoms with Crippen molar-refractivity contribution in [1.29, 1.82) is 0 Å². The van der Waals surface area contributed by atoms with Gasteiger partial charge < -0.3 is 22.7 Å². The van der Waals surface area contributed by atoms with Crippen molar-refractivity contribution in [2.45, 2.75) is 19.9 Å². The Morgan fingerprint density at radius 3 is 2.85 bits per heavy atom. The average Bonchev–Trinajstić information content (AvgIpc) is 3.02. The molecule has 0 unspecified atom stereocenters. The van der Waals surface area contributed by atoms with Crippen molar-refractivity contribution in [3.8, 4) is 0 Å². The molecule has 2 aromatic heterocycles. The SMILES string of the molecule is Cc1ccsc1CNCCc1c[nH]c2ccccc12.[Cl-]. The molecule has 20 heavy (non-hydrogen) atoms. The Bertz CT molecular complexity index is 672. The first-order valence-corrected chi connectivity index (χ1v) is 7.51. The van der Waals surface area contributed by atoms with Crippen LogP contribution in [0.15, 0.2) is 41.9 Å². The standard InChI is InChI=1S/C16H18N2S.ClH/c1-12-7-9-19-16(12)11-17-8-6-13-10-18-15-5-3-2-4-14(13)15;/h2-5,7,9-10,17-18H,6,8,11H2,1H3;1H/p-1. The molecule has 106 valence electrons. The van der Waals surface area contributed by atoms with Crippen molar-refractivity contribution in [3.63, 3.8) is 0 Å². The van der Waals surface area contributed by atoms with Gasteiger partial charge in [-0.3, -0.25) is 0 Å². The van der Waals surface area contributed by atoms with E-state index >= 15 is 0 Å². The molecule has 3 rings (SSSR count). The first-order valence-electron chi connectivity index (χ1n) is 6.63. The van der Waals surface area contributed by atoms with Gasteiger partial charge in [0.1, 0.15) is 0 Å². The number of aromatic amines is 1. The quantitative estimate of drug-likeness (QED) is 0.673. The molecule has 0 aliphatic heterocycles. The predicted molar refractivity (Wildman–Crippen MR) is 82.8 cm³/mol. The highest BCUT2D eigenvalue weighted by molar-refractivity contribution is 7.10. The summed E-state index contributed by atoms with van der Waals surface area (Å²) in [4.78, 5) is 4.77. The minimum Gasteiger partial charge on any atom is -1.00 e. The van der Waals surface area contributed by atoms with E-state index in [-0.39, 0.29) is 12.4 Å². The summed E-state index contributed by atoms with van der Waals surface area (Å²) < 4.78 is 0. The van der Waals surface area contributed by atoms with Crippen molar-refractivity contribution >= 4 is 22.2 Å². The topological polar surface area (TPSA) is 27.8 Å². The Kier molecular flexibility index (Phi) is 5.24. The molecule has 0 fully saturated rings. The Hall–Kier alpha value is -1.29. The molecule has 3 aromatic rings. The number of aryl methyl sites for hydroxylation is 1. The average molecular weight is 306 g/mol. The predicted octanol–water partition coefficient (Wildman–Crippen LogP) is 0.874. The maximum Gasteiger partial charge on any atom is 0.0456 e. The van der Waals surface area contributed by atoms with Crippen LogP contribution in [-0.2, 0) is 13.0 Å². The maximum absolute atomic E-state index is 3.53. The smallest absolute Gasteiger partial charge is 0.0456 e. The van der Waals surface area contributed by atoms with Crippen LogP contribution in [0.25, 0.3) is 10.9 Å². The first kappa shape index (κ1) is 15.1. The van der Waals surface area contributed by atoms with E-state index in [0.29, 0.717) is 0 Å². The first-order chi connectivity index (χ1) is 9.34. The number of hydrogen-bond acceptors (Lipinski definition) is 2. The van der Waals surface area contributed by atoms with E-state index in [4.69, 9.17) is 0 Å². The summed E-state index contributed by atoms with van der Waals surface area (Å²) in [5.74, 6) is 0. The number of hydrogen-bond donors (Lipinski definition) is 2. The van der Waals surface area contributed by atoms with Crippen LogP contribution in [0.4, 0.5) is 0 Å². The molecule has 0 saturated heterocycles. The van der Waals surface area contributed by atoms with Gasteiger partial charge in [0.25, 0.3) is 0 Å². The third-order valence-electron chi connectivity index (χ3n) is 3.50. The van der Waals surface area contributed by atoms with E-state index < -0.39 is 0 Å². The number of fused-ring (bicyclic) bond motifs is 1. The van der Waals surface area contributed by atoms with E-state index in [1.807, 2.05) is 11.3 Å². The van der Waals surface area contributed by atoms with E-state index in [2.05, 4.69) is 59.1 Å². The summed E-state index contributed by atoms with van der Waals surface area (Å²) >= 11 is 1.83. The molecule has 2 N–H and O–H groups in total. The monoisotopic (exact) mass is 305 g/mol. The van der Waals surface area contributed by atoms with Crippen LogP contribution < -0.4 is 17.7 Å². The van der Waals surface area contributed by atoms with Crippen LogP contribution in [0.5, 0.6) is 0 Å². The summed E-state index contributed by atoms with van der Waals surface area (Å²) in [6.45, 7) is 4.16. The van der Waals surface area contributed by atoms with Crippen LogP contribution in [0.3, 0.4) is 0 Å². The van der Waals surface area contributed by atoms with Crippen molar-refractivity contribution in [3.05, 3.63) is 57.9 Å². The lowest BCUT2D eigenvalue weighted by Crippen LogP contribution is -3.00. The second-order valence-electron chi connectivity index (χ2n) is 4.81. The molecule has 0 saturated carbocycles. The van der Waals surface area contributed by atoms with Crippen molar-refractivity contribution < 1.29 is 12.4 Å². The normalized spacial score (nSPS) is 10.7. The molecular formula is C16H18ClN2S-. The lowest BCUT2D eigenvalue weighted by molar-refractivity contribution is -0.00000385. The van der Waals surface area contributed by atoms with Gasteiger partial charge in [-0.1, -0.05) is 18.2 Å². The van der Waals surface area contributed by atoms with Gasteiger partial charge >= 0.3 is 0 Å². The number of rotatable bonds is 5. The molecule has 0 aliphatic rings. The molecule has 0 amide bonds. The zero-order chi connectivity index (χ0) is 13.1. The molecule has 0 bridgehead atoms. The van der Waals surface area contributed by atoms with E-state index in [1.54, 1.807) is 0 Å². The second-order valence-corrected chi connectivity index (χ2v) is 5.81. The van der Waals surface area contributed by atoms with Gasteiger partial charge in [-0.15, -0.1) is 11.3 Å². The maximum atomic E-state index is 3.53. The fourth-order valence-corrected chi connectivity index (χ4v) is 3.22. The largest absolute Gasteiger partial charge is 1.00 e. The number of para-hydroxylation sites is 1. The fraction of sp³-hybridized carbons (Fsp3) is 0.250. The van der Waals surface area contributed by atoms with Gasteiger partial charge in [0.15, 0.2) is 0 Å². The third-order valence-corrected chi connectivity index (χ3v) is 4.52. The van der Waals surface area contributed by atoms with Gasteiger partial charge in [-0.25, -0.2) is 0 Å². The second kappa shape index (κ2) is 6.93. The number of thiophene rings is 1. The summed E-state index contributed by atoms with van der Waals surface area (Å²) in [6.07, 6.45) is 3.19. The van der Waals surface area contributed by atoms with Gasteiger partial charge in [-0.2, -0.15) is 0 Å². The molecule has 2 nitrogen and oxygen atoms in total. The molecule has 4 heteroatoms. The zero-order valence-electron chi connectivity index (χ0n) is 11.4. The van der Waals surface area contributed by atoms with Crippen LogP contribution in [0, 0.1) is 6.92 Å². The van der Waals surface area contributed by atoms with Crippen LogP contribution in [0.2, 0.25) is 0 Å². The molecule has 2 heterocycles. The number of halogens is 1. The highest BCUT2D eigenvalue weighted by Crippen LogP contribution is 2.18. The van der Waals surface area contributed by atoms with Crippen LogP contribution in [-0.4, -0.2) is 11.5 Å². The van der Waals surface area contributed by atoms with Crippen molar-refractivity contribution in [2.75, 3.05) is 6.54 Å². The van der Waals surface area contributed by atoms with Crippen molar-refractivity contribution in [2.24, 2.45) is 0 Å². The van der Waals surface area contributed by atoms with E-state index in [0.717, 1.165) is 19.5 Å². The van der Waals surface area contributed by atoms with Gasteiger partial charge in [0, 0.05) is 28.5 Å². The summed E-state index contributed by atoms with van der Waals surface area (Å²) in [6, 6.07) is 10.7. The minimum absolute atomic E-state index is 0. The number of benzene rings is 1. The van der Waals surface area contributed by atoms with Gasteiger partial charge in [0.05, 0.1) is 0 Å². The molecule has 0 aliphatic carbocycles. The number of aromatic nitrogens is 1. The van der Waals surface area contributed by atoms with Crippen LogP contribution >= 0.6 is 11.3 Å². The Balaban J connectivity index is 0.00000147. The molecular weight excluding hydrogens is 288 g/mol.